The summed E-state index contributed by atoms with van der Waals surface area (Å²) in [6, 6.07) is 6.98. The van der Waals surface area contributed by atoms with Gasteiger partial charge in [-0.05, 0) is 30.4 Å². The Bertz CT molecular complexity index is 1210. The van der Waals surface area contributed by atoms with Gasteiger partial charge in [0.25, 0.3) is 0 Å². The highest BCUT2D eigenvalue weighted by molar-refractivity contribution is 7.71. The molecule has 31 heavy (non-hydrogen) atoms. The van der Waals surface area contributed by atoms with Crippen molar-refractivity contribution in [1.29, 1.82) is 0 Å². The van der Waals surface area contributed by atoms with Crippen LogP contribution >= 0.6 is 23.8 Å². The minimum Gasteiger partial charge on any atom is -0.506 e. The van der Waals surface area contributed by atoms with Crippen LogP contribution in [-0.4, -0.2) is 32.8 Å². The van der Waals surface area contributed by atoms with E-state index >= 15 is 0 Å². The number of H-pyrrole nitrogens is 1. The van der Waals surface area contributed by atoms with Crippen LogP contribution in [0.25, 0.3) is 5.69 Å². The van der Waals surface area contributed by atoms with Gasteiger partial charge in [0.1, 0.15) is 11.4 Å². The van der Waals surface area contributed by atoms with Crippen LogP contribution in [0.15, 0.2) is 48.8 Å². The van der Waals surface area contributed by atoms with E-state index in [0.717, 1.165) is 17.1 Å². The van der Waals surface area contributed by atoms with Gasteiger partial charge in [-0.25, -0.2) is 14.8 Å². The Morgan fingerprint density at radius 1 is 1.19 bits per heavy atom. The summed E-state index contributed by atoms with van der Waals surface area (Å²) in [5, 5.41) is 13.3. The van der Waals surface area contributed by atoms with Crippen LogP contribution in [0.5, 0.6) is 5.75 Å². The third-order valence-corrected chi connectivity index (χ3v) is 5.36. The number of ether oxygens (including phenoxy) is 1. The third kappa shape index (κ3) is 3.70. The summed E-state index contributed by atoms with van der Waals surface area (Å²) in [5.41, 5.74) is -0.0412. The summed E-state index contributed by atoms with van der Waals surface area (Å²) in [4.78, 5) is 15.0. The van der Waals surface area contributed by atoms with Crippen molar-refractivity contribution in [1.82, 2.24) is 14.6 Å². The summed E-state index contributed by atoms with van der Waals surface area (Å²) < 4.78 is 45.9. The van der Waals surface area contributed by atoms with Gasteiger partial charge in [0.05, 0.1) is 16.3 Å². The summed E-state index contributed by atoms with van der Waals surface area (Å²) in [6.07, 6.45) is -3.13. The molecule has 0 radical (unpaired) electrons. The number of benzene rings is 2. The highest BCUT2D eigenvalue weighted by Gasteiger charge is 2.40. The number of carbonyl (C=O) groups is 1. The molecule has 0 saturated carbocycles. The number of aromatic nitrogens is 2. The zero-order valence-electron chi connectivity index (χ0n) is 15.7. The van der Waals surface area contributed by atoms with E-state index in [2.05, 4.69) is 4.98 Å². The molecule has 1 unspecified atom stereocenters. The van der Waals surface area contributed by atoms with Gasteiger partial charge in [0.15, 0.2) is 4.77 Å². The molecule has 0 spiro atoms. The van der Waals surface area contributed by atoms with Crippen molar-refractivity contribution in [2.45, 2.75) is 12.4 Å². The second-order valence-electron chi connectivity index (χ2n) is 6.65. The van der Waals surface area contributed by atoms with Crippen LogP contribution < -0.4 is 5.01 Å². The molecule has 1 atom stereocenters. The number of rotatable bonds is 3. The molecule has 1 amide bonds. The Morgan fingerprint density at radius 3 is 2.45 bits per heavy atom. The Hall–Kier alpha value is -3.18. The fraction of sp³-hybridized carbons (Fsp3) is 0.158. The number of nitrogens with one attached hydrogen (secondary N) is 1. The molecule has 1 aliphatic rings. The predicted molar refractivity (Wildman–Crippen MR) is 109 cm³/mol. The van der Waals surface area contributed by atoms with E-state index in [-0.39, 0.29) is 22.0 Å². The van der Waals surface area contributed by atoms with Gasteiger partial charge in [-0.2, -0.15) is 13.2 Å². The molecule has 0 aliphatic carbocycles. The number of aromatic amines is 1. The molecule has 1 fully saturated rings. The number of halogens is 4. The molecule has 3 aromatic rings. The maximum absolute atomic E-state index is 12.9. The average molecular weight is 471 g/mol. The number of imidazole rings is 1. The quantitative estimate of drug-likeness (QED) is 0.500. The first-order valence-electron chi connectivity index (χ1n) is 8.77. The lowest BCUT2D eigenvalue weighted by Crippen LogP contribution is -2.36. The molecule has 2 aromatic carbocycles. The fourth-order valence-electron chi connectivity index (χ4n) is 3.22. The molecule has 0 bridgehead atoms. The van der Waals surface area contributed by atoms with Crippen molar-refractivity contribution < 1.29 is 27.8 Å². The first-order chi connectivity index (χ1) is 14.6. The summed E-state index contributed by atoms with van der Waals surface area (Å²) in [7, 11) is 1.40. The topological polar surface area (TPSA) is 73.7 Å². The van der Waals surface area contributed by atoms with Gasteiger partial charge in [0.2, 0.25) is 6.23 Å². The van der Waals surface area contributed by atoms with Crippen LogP contribution in [0.3, 0.4) is 0 Å². The number of alkyl halides is 3. The molecule has 2 heterocycles. The van der Waals surface area contributed by atoms with E-state index in [0.29, 0.717) is 10.5 Å². The maximum atomic E-state index is 12.9. The molecule has 1 saturated heterocycles. The van der Waals surface area contributed by atoms with Crippen molar-refractivity contribution in [3.05, 3.63) is 69.7 Å². The molecule has 7 nitrogen and oxygen atoms in total. The van der Waals surface area contributed by atoms with E-state index in [1.165, 1.54) is 36.3 Å². The number of amides is 1. The summed E-state index contributed by atoms with van der Waals surface area (Å²) in [5.74, 6) is -0.246. The van der Waals surface area contributed by atoms with E-state index < -0.39 is 24.1 Å². The van der Waals surface area contributed by atoms with Gasteiger partial charge in [-0.3, -0.25) is 4.57 Å². The standard InChI is InChI=1S/C19H14ClF3N4O3S/c1-25-18(29)30-16(10-2-4-11(5-3-10)19(21,22)23)27(25)14-8-12(20)13(9-15(14)28)26-7-6-24-17(26)31/h2-9,16,28H,1H3,(H,24,31). The second kappa shape index (κ2) is 7.50. The number of hydrazine groups is 1. The number of carbonyl (C=O) groups excluding carboxylic acids is 1. The number of hydrogen-bond acceptors (Lipinski definition) is 5. The monoisotopic (exact) mass is 470 g/mol. The SMILES string of the molecule is CN1C(=O)OC(c2ccc(C(F)(F)F)cc2)N1c1cc(Cl)c(-n2cc[nH]c2=S)cc1O. The molecule has 12 heteroatoms. The number of phenolic OH excluding ortho intramolecular Hbond substituents is 1. The van der Waals surface area contributed by atoms with Gasteiger partial charge >= 0.3 is 12.3 Å². The number of cyclic esters (lactones) is 1. The molecule has 2 N–H and O–H groups in total. The van der Waals surface area contributed by atoms with Crippen LogP contribution in [0.2, 0.25) is 5.02 Å². The van der Waals surface area contributed by atoms with Crippen molar-refractivity contribution >= 4 is 35.6 Å². The largest absolute Gasteiger partial charge is 0.506 e. The van der Waals surface area contributed by atoms with Crippen LogP contribution in [0.1, 0.15) is 17.4 Å². The highest BCUT2D eigenvalue weighted by atomic mass is 35.5. The number of hydrogen-bond donors (Lipinski definition) is 2. The molecule has 1 aromatic heterocycles. The summed E-state index contributed by atoms with van der Waals surface area (Å²) >= 11 is 11.6. The normalized spacial score (nSPS) is 16.7. The Kier molecular flexibility index (Phi) is 5.10. The first kappa shape index (κ1) is 21.1. The van der Waals surface area contributed by atoms with E-state index in [4.69, 9.17) is 28.6 Å². The van der Waals surface area contributed by atoms with Crippen LogP contribution in [0, 0.1) is 4.77 Å². The minimum absolute atomic E-state index is 0.119. The van der Waals surface area contributed by atoms with E-state index in [1.54, 1.807) is 17.0 Å². The second-order valence-corrected chi connectivity index (χ2v) is 7.45. The molecular formula is C19H14ClF3N4O3S. The maximum Gasteiger partial charge on any atom is 0.430 e. The Balaban J connectivity index is 1.76. The van der Waals surface area contributed by atoms with E-state index in [1.807, 2.05) is 0 Å². The summed E-state index contributed by atoms with van der Waals surface area (Å²) in [6.45, 7) is 0. The number of nitrogens with zero attached hydrogens (tertiary/aromatic N) is 3. The molecule has 1 aliphatic heterocycles. The van der Waals surface area contributed by atoms with Crippen molar-refractivity contribution in [2.75, 3.05) is 12.1 Å². The predicted octanol–water partition coefficient (Wildman–Crippen LogP) is 5.41. The average Bonchev–Trinajstić information content (AvgIpc) is 3.26. The molecular weight excluding hydrogens is 457 g/mol. The lowest BCUT2D eigenvalue weighted by molar-refractivity contribution is -0.137. The van der Waals surface area contributed by atoms with Gasteiger partial charge in [-0.1, -0.05) is 23.7 Å². The lowest BCUT2D eigenvalue weighted by atomic mass is 10.1. The highest BCUT2D eigenvalue weighted by Crippen LogP contribution is 2.43. The zero-order chi connectivity index (χ0) is 22.5. The molecule has 162 valence electrons. The van der Waals surface area contributed by atoms with Crippen LogP contribution in [-0.2, 0) is 10.9 Å². The fourth-order valence-corrected chi connectivity index (χ4v) is 3.70. The smallest absolute Gasteiger partial charge is 0.430 e. The van der Waals surface area contributed by atoms with Gasteiger partial charge < -0.3 is 14.8 Å². The lowest BCUT2D eigenvalue weighted by Gasteiger charge is -2.29. The zero-order valence-corrected chi connectivity index (χ0v) is 17.3. The Morgan fingerprint density at radius 2 is 1.87 bits per heavy atom. The van der Waals surface area contributed by atoms with Gasteiger partial charge in [-0.15, -0.1) is 0 Å². The van der Waals surface area contributed by atoms with Crippen molar-refractivity contribution in [3.8, 4) is 11.4 Å². The van der Waals surface area contributed by atoms with Crippen molar-refractivity contribution in [2.24, 2.45) is 0 Å². The number of anilines is 1. The third-order valence-electron chi connectivity index (χ3n) is 4.74. The molecule has 4 rings (SSSR count). The Labute approximate surface area is 183 Å². The number of phenols is 1. The van der Waals surface area contributed by atoms with Crippen molar-refractivity contribution in [3.63, 3.8) is 0 Å². The minimum atomic E-state index is -4.50. The van der Waals surface area contributed by atoms with Crippen LogP contribution in [0.4, 0.5) is 23.7 Å². The first-order valence-corrected chi connectivity index (χ1v) is 9.56. The van der Waals surface area contributed by atoms with E-state index in [9.17, 15) is 23.1 Å². The number of aromatic hydroxyl groups is 1. The van der Waals surface area contributed by atoms with Gasteiger partial charge in [0, 0.05) is 31.1 Å².